The Morgan fingerprint density at radius 2 is 1.75 bits per heavy atom. The van der Waals surface area contributed by atoms with Gasteiger partial charge in [-0.15, -0.1) is 0 Å². The highest BCUT2D eigenvalue weighted by molar-refractivity contribution is 5.93. The number of fused-ring (bicyclic) bond motifs is 4. The Balaban J connectivity index is 1.96. The minimum absolute atomic E-state index is 0.0159. The van der Waals surface area contributed by atoms with E-state index in [0.717, 1.165) is 17.4 Å². The van der Waals surface area contributed by atoms with Gasteiger partial charge in [0.25, 0.3) is 11.5 Å². The fourth-order valence-electron chi connectivity index (χ4n) is 3.67. The van der Waals surface area contributed by atoms with E-state index >= 15 is 0 Å². The number of carbonyl (C=O) groups is 2. The van der Waals surface area contributed by atoms with Gasteiger partial charge in [0.1, 0.15) is 5.69 Å². The maximum absolute atomic E-state index is 13.0. The van der Waals surface area contributed by atoms with Crippen LogP contribution in [0.3, 0.4) is 0 Å². The van der Waals surface area contributed by atoms with Crippen LogP contribution < -0.4 is 11.2 Å². The van der Waals surface area contributed by atoms with E-state index in [1.54, 1.807) is 16.7 Å². The van der Waals surface area contributed by atoms with Crippen LogP contribution in [0.2, 0.25) is 0 Å². The summed E-state index contributed by atoms with van der Waals surface area (Å²) in [6.45, 7) is 3.26. The Labute approximate surface area is 139 Å². The third-order valence-electron chi connectivity index (χ3n) is 5.16. The van der Waals surface area contributed by atoms with Gasteiger partial charge in [-0.05, 0) is 18.8 Å². The third-order valence-corrected chi connectivity index (χ3v) is 5.16. The monoisotopic (exact) mass is 334 g/mol. The van der Waals surface area contributed by atoms with Crippen molar-refractivity contribution in [2.45, 2.75) is 25.8 Å². The van der Waals surface area contributed by atoms with Crippen LogP contribution in [0.1, 0.15) is 30.3 Å². The lowest BCUT2D eigenvalue weighted by molar-refractivity contribution is -0.129. The normalized spacial score (nSPS) is 23.3. The zero-order chi connectivity index (χ0) is 17.6. The van der Waals surface area contributed by atoms with Crippen LogP contribution in [0.4, 0.5) is 0 Å². The lowest BCUT2D eigenvalue weighted by atomic mass is 9.94. The molecule has 4 rings (SSSR count). The van der Waals surface area contributed by atoms with Crippen LogP contribution in [0, 0.1) is 5.92 Å². The Morgan fingerprint density at radius 3 is 2.42 bits per heavy atom. The average molecular weight is 334 g/mol. The van der Waals surface area contributed by atoms with Gasteiger partial charge >= 0.3 is 5.69 Å². The Bertz CT molecular complexity index is 809. The molecule has 0 saturated carbocycles. The summed E-state index contributed by atoms with van der Waals surface area (Å²) in [4.78, 5) is 52.2. The van der Waals surface area contributed by atoms with Gasteiger partial charge in [-0.25, -0.2) is 4.79 Å². The summed E-state index contributed by atoms with van der Waals surface area (Å²) in [5, 5.41) is 0. The van der Waals surface area contributed by atoms with Crippen LogP contribution in [0.15, 0.2) is 15.7 Å². The highest BCUT2D eigenvalue weighted by atomic mass is 16.2. The van der Waals surface area contributed by atoms with Crippen molar-refractivity contribution in [3.05, 3.63) is 32.6 Å². The molecule has 0 N–H and O–H groups in total. The molecule has 3 aliphatic heterocycles. The zero-order valence-corrected chi connectivity index (χ0v) is 14.2. The van der Waals surface area contributed by atoms with Gasteiger partial charge in [0, 0.05) is 52.8 Å². The maximum Gasteiger partial charge on any atom is 0.331 e. The van der Waals surface area contributed by atoms with E-state index in [9.17, 15) is 19.2 Å². The SMILES string of the molecule is CC(=O)N1C[C@@H]2CC[C@H](C1)N(C(=O)c1cc(=O)n(C)c(=O)n1C)C2. The molecule has 3 aliphatic rings. The predicted molar refractivity (Wildman–Crippen MR) is 86.7 cm³/mol. The van der Waals surface area contributed by atoms with Crippen molar-refractivity contribution in [3.8, 4) is 0 Å². The molecule has 0 radical (unpaired) electrons. The molecule has 8 heteroatoms. The number of amides is 2. The smallest absolute Gasteiger partial charge is 0.331 e. The van der Waals surface area contributed by atoms with Crippen molar-refractivity contribution in [3.63, 3.8) is 0 Å². The molecule has 2 atom stereocenters. The summed E-state index contributed by atoms with van der Waals surface area (Å²) in [6, 6.07) is 1.14. The molecule has 8 nitrogen and oxygen atoms in total. The summed E-state index contributed by atoms with van der Waals surface area (Å²) in [7, 11) is 2.88. The molecule has 0 aliphatic carbocycles. The first-order valence-corrected chi connectivity index (χ1v) is 8.13. The standard InChI is InChI=1S/C16H22N4O4/c1-10(21)19-7-11-4-5-12(9-19)20(8-11)15(23)13-6-14(22)18(3)16(24)17(13)2/h6,11-12H,4-5,7-9H2,1-3H3/t11-,12+/m0/s1. The van der Waals surface area contributed by atoms with Gasteiger partial charge < -0.3 is 9.80 Å². The number of nitrogens with zero attached hydrogens (tertiary/aromatic N) is 4. The van der Waals surface area contributed by atoms with Crippen LogP contribution in [0.25, 0.3) is 0 Å². The topological polar surface area (TPSA) is 84.6 Å². The fourth-order valence-corrected chi connectivity index (χ4v) is 3.67. The van der Waals surface area contributed by atoms with Gasteiger partial charge in [0.15, 0.2) is 0 Å². The fraction of sp³-hybridized carbons (Fsp3) is 0.625. The van der Waals surface area contributed by atoms with Gasteiger partial charge in [0.2, 0.25) is 5.91 Å². The van der Waals surface area contributed by atoms with E-state index in [0.29, 0.717) is 19.6 Å². The quantitative estimate of drug-likeness (QED) is 0.671. The average Bonchev–Trinajstić information content (AvgIpc) is 2.87. The molecule has 1 aromatic heterocycles. The molecule has 24 heavy (non-hydrogen) atoms. The molecule has 2 amide bonds. The molecule has 0 aromatic carbocycles. The number of carbonyl (C=O) groups excluding carboxylic acids is 2. The number of rotatable bonds is 1. The van der Waals surface area contributed by atoms with E-state index < -0.39 is 11.2 Å². The number of aromatic nitrogens is 2. The van der Waals surface area contributed by atoms with E-state index in [-0.39, 0.29) is 29.5 Å². The van der Waals surface area contributed by atoms with Gasteiger partial charge in [-0.3, -0.25) is 23.5 Å². The zero-order valence-electron chi connectivity index (χ0n) is 14.2. The highest BCUT2D eigenvalue weighted by Gasteiger charge is 2.38. The lowest BCUT2D eigenvalue weighted by Gasteiger charge is -2.36. The van der Waals surface area contributed by atoms with Crippen molar-refractivity contribution in [1.29, 1.82) is 0 Å². The molecule has 0 unspecified atom stereocenters. The highest BCUT2D eigenvalue weighted by Crippen LogP contribution is 2.29. The van der Waals surface area contributed by atoms with Gasteiger partial charge in [-0.1, -0.05) is 0 Å². The summed E-state index contributed by atoms with van der Waals surface area (Å²) in [5.74, 6) is -0.0604. The molecule has 2 bridgehead atoms. The van der Waals surface area contributed by atoms with E-state index in [1.165, 1.54) is 24.7 Å². The van der Waals surface area contributed by atoms with Crippen LogP contribution in [0.5, 0.6) is 0 Å². The van der Waals surface area contributed by atoms with Gasteiger partial charge in [-0.2, -0.15) is 0 Å². The first-order valence-electron chi connectivity index (χ1n) is 8.13. The molecular formula is C16H22N4O4. The van der Waals surface area contributed by atoms with Crippen molar-refractivity contribution >= 4 is 11.8 Å². The van der Waals surface area contributed by atoms with Crippen molar-refractivity contribution in [1.82, 2.24) is 18.9 Å². The van der Waals surface area contributed by atoms with Crippen LogP contribution >= 0.6 is 0 Å². The summed E-state index contributed by atoms with van der Waals surface area (Å²) in [5.41, 5.74) is -0.909. The summed E-state index contributed by atoms with van der Waals surface area (Å²) in [6.07, 6.45) is 1.81. The predicted octanol–water partition coefficient (Wildman–Crippen LogP) is -0.833. The first-order chi connectivity index (χ1) is 11.3. The first kappa shape index (κ1) is 16.5. The second-order valence-electron chi connectivity index (χ2n) is 6.75. The Hall–Kier alpha value is -2.38. The maximum atomic E-state index is 13.0. The Morgan fingerprint density at radius 1 is 1.04 bits per heavy atom. The minimum Gasteiger partial charge on any atom is -0.341 e. The molecular weight excluding hydrogens is 312 g/mol. The molecule has 1 aromatic rings. The van der Waals surface area contributed by atoms with Crippen LogP contribution in [-0.4, -0.2) is 56.4 Å². The number of piperidine rings is 1. The molecule has 4 heterocycles. The molecule has 3 fully saturated rings. The van der Waals surface area contributed by atoms with Gasteiger partial charge in [0.05, 0.1) is 0 Å². The number of hydrogen-bond donors (Lipinski definition) is 0. The van der Waals surface area contributed by atoms with Crippen LogP contribution in [-0.2, 0) is 18.9 Å². The molecule has 130 valence electrons. The van der Waals surface area contributed by atoms with E-state index in [2.05, 4.69) is 0 Å². The second-order valence-corrected chi connectivity index (χ2v) is 6.75. The Kier molecular flexibility index (Phi) is 4.06. The largest absolute Gasteiger partial charge is 0.341 e. The summed E-state index contributed by atoms with van der Waals surface area (Å²) >= 11 is 0. The second kappa shape index (κ2) is 5.92. The minimum atomic E-state index is -0.517. The molecule has 0 spiro atoms. The molecule has 3 saturated heterocycles. The van der Waals surface area contributed by atoms with Crippen molar-refractivity contribution < 1.29 is 9.59 Å². The van der Waals surface area contributed by atoms with Crippen molar-refractivity contribution in [2.24, 2.45) is 20.0 Å². The van der Waals surface area contributed by atoms with Crippen molar-refractivity contribution in [2.75, 3.05) is 19.6 Å². The number of hydrogen-bond acceptors (Lipinski definition) is 4. The van der Waals surface area contributed by atoms with E-state index in [1.807, 2.05) is 0 Å². The van der Waals surface area contributed by atoms with E-state index in [4.69, 9.17) is 0 Å². The lowest BCUT2D eigenvalue weighted by Crippen LogP contribution is -2.50. The third kappa shape index (κ3) is 2.65. The summed E-state index contributed by atoms with van der Waals surface area (Å²) < 4.78 is 2.19.